The lowest BCUT2D eigenvalue weighted by Crippen LogP contribution is -2.04. The first-order valence-electron chi connectivity index (χ1n) is 6.07. The molecule has 1 heterocycles. The van der Waals surface area contributed by atoms with Crippen molar-refractivity contribution < 1.29 is 0 Å². The molecule has 1 aromatic rings. The number of halogens is 1. The second-order valence-corrected chi connectivity index (χ2v) is 5.53. The average molecular weight is 285 g/mol. The molecule has 0 saturated heterocycles. The third-order valence-electron chi connectivity index (χ3n) is 2.64. The first-order chi connectivity index (χ1) is 7.72. The largest absolute Gasteiger partial charge is 0.399 e. The van der Waals surface area contributed by atoms with Gasteiger partial charge < -0.3 is 5.73 Å². The van der Waals surface area contributed by atoms with Crippen LogP contribution in [0.25, 0.3) is 0 Å². The molecular formula is C13H21BrN2. The van der Waals surface area contributed by atoms with E-state index in [0.29, 0.717) is 4.83 Å². The highest BCUT2D eigenvalue weighted by atomic mass is 79.9. The van der Waals surface area contributed by atoms with Crippen molar-refractivity contribution in [1.82, 2.24) is 4.98 Å². The highest BCUT2D eigenvalue weighted by molar-refractivity contribution is 9.09. The summed E-state index contributed by atoms with van der Waals surface area (Å²) in [7, 11) is 0. The first kappa shape index (κ1) is 13.5. The van der Waals surface area contributed by atoms with Crippen molar-refractivity contribution in [1.29, 1.82) is 0 Å². The molecule has 0 aliphatic heterocycles. The minimum Gasteiger partial charge on any atom is -0.399 e. The molecule has 1 aromatic heterocycles. The minimum absolute atomic E-state index is 0.527. The van der Waals surface area contributed by atoms with Crippen LogP contribution in [0, 0.1) is 0 Å². The van der Waals surface area contributed by atoms with E-state index in [1.807, 2.05) is 12.1 Å². The monoisotopic (exact) mass is 284 g/mol. The van der Waals surface area contributed by atoms with Crippen molar-refractivity contribution in [3.8, 4) is 0 Å². The predicted octanol–water partition coefficient (Wildman–Crippen LogP) is 3.94. The van der Waals surface area contributed by atoms with Gasteiger partial charge in [-0.1, -0.05) is 48.5 Å². The van der Waals surface area contributed by atoms with Crippen LogP contribution in [-0.4, -0.2) is 9.81 Å². The van der Waals surface area contributed by atoms with E-state index < -0.39 is 0 Å². The van der Waals surface area contributed by atoms with Gasteiger partial charge in [0.1, 0.15) is 0 Å². The summed E-state index contributed by atoms with van der Waals surface area (Å²) < 4.78 is 0. The van der Waals surface area contributed by atoms with Crippen LogP contribution in [0.3, 0.4) is 0 Å². The molecule has 1 atom stereocenters. The lowest BCUT2D eigenvalue weighted by atomic mass is 10.1. The summed E-state index contributed by atoms with van der Waals surface area (Å²) in [6, 6.07) is 3.79. The molecule has 0 amide bonds. The molecule has 0 spiro atoms. The van der Waals surface area contributed by atoms with Crippen LogP contribution in [0.5, 0.6) is 0 Å². The lowest BCUT2D eigenvalue weighted by Gasteiger charge is -2.09. The van der Waals surface area contributed by atoms with Crippen LogP contribution in [-0.2, 0) is 6.42 Å². The SMILES string of the molecule is CCCCCC[C@H](Br)Cc1cc(N)ccn1. The second-order valence-electron chi connectivity index (χ2n) is 4.23. The van der Waals surface area contributed by atoms with Crippen molar-refractivity contribution in [3.05, 3.63) is 24.0 Å². The molecule has 0 unspecified atom stereocenters. The van der Waals surface area contributed by atoms with Crippen LogP contribution in [0.4, 0.5) is 5.69 Å². The maximum Gasteiger partial charge on any atom is 0.0435 e. The Kier molecular flexibility index (Phi) is 6.46. The fourth-order valence-electron chi connectivity index (χ4n) is 1.73. The number of nitrogen functional groups attached to an aromatic ring is 1. The number of aromatic nitrogens is 1. The molecule has 2 nitrogen and oxygen atoms in total. The number of hydrogen-bond acceptors (Lipinski definition) is 2. The third kappa shape index (κ3) is 5.50. The third-order valence-corrected chi connectivity index (χ3v) is 3.42. The molecule has 0 aliphatic rings. The van der Waals surface area contributed by atoms with Crippen molar-refractivity contribution >= 4 is 21.6 Å². The molecule has 0 radical (unpaired) electrons. The fraction of sp³-hybridized carbons (Fsp3) is 0.615. The van der Waals surface area contributed by atoms with Gasteiger partial charge in [-0.15, -0.1) is 0 Å². The maximum atomic E-state index is 5.72. The van der Waals surface area contributed by atoms with E-state index in [2.05, 4.69) is 27.8 Å². The summed E-state index contributed by atoms with van der Waals surface area (Å²) in [5.74, 6) is 0. The number of unbranched alkanes of at least 4 members (excludes halogenated alkanes) is 3. The summed E-state index contributed by atoms with van der Waals surface area (Å²) in [6.45, 7) is 2.24. The summed E-state index contributed by atoms with van der Waals surface area (Å²) in [5.41, 5.74) is 7.60. The van der Waals surface area contributed by atoms with Gasteiger partial charge in [-0.25, -0.2) is 0 Å². The number of nitrogens with zero attached hydrogens (tertiary/aromatic N) is 1. The van der Waals surface area contributed by atoms with Crippen LogP contribution in [0.2, 0.25) is 0 Å². The van der Waals surface area contributed by atoms with E-state index in [-0.39, 0.29) is 0 Å². The van der Waals surface area contributed by atoms with E-state index >= 15 is 0 Å². The predicted molar refractivity (Wildman–Crippen MR) is 73.8 cm³/mol. The van der Waals surface area contributed by atoms with Gasteiger partial charge in [0, 0.05) is 28.8 Å². The van der Waals surface area contributed by atoms with Crippen molar-refractivity contribution in [2.75, 3.05) is 5.73 Å². The van der Waals surface area contributed by atoms with E-state index in [1.165, 1.54) is 32.1 Å². The molecule has 0 aliphatic carbocycles. The number of pyridine rings is 1. The van der Waals surface area contributed by atoms with Crippen LogP contribution in [0.1, 0.15) is 44.7 Å². The molecular weight excluding hydrogens is 264 g/mol. The van der Waals surface area contributed by atoms with Gasteiger partial charge in [0.05, 0.1) is 0 Å². The van der Waals surface area contributed by atoms with E-state index in [0.717, 1.165) is 17.8 Å². The molecule has 90 valence electrons. The summed E-state index contributed by atoms with van der Waals surface area (Å²) in [4.78, 5) is 4.84. The molecule has 0 bridgehead atoms. The van der Waals surface area contributed by atoms with E-state index in [4.69, 9.17) is 5.73 Å². The Bertz CT molecular complexity index is 302. The van der Waals surface area contributed by atoms with Gasteiger partial charge in [-0.3, -0.25) is 4.98 Å². The smallest absolute Gasteiger partial charge is 0.0435 e. The van der Waals surface area contributed by atoms with Gasteiger partial charge in [-0.2, -0.15) is 0 Å². The van der Waals surface area contributed by atoms with Crippen molar-refractivity contribution in [3.63, 3.8) is 0 Å². The standard InChI is InChI=1S/C13H21BrN2/c1-2-3-4-5-6-11(14)9-13-10-12(15)7-8-16-13/h7-8,10-11H,2-6,9H2,1H3,(H2,15,16)/t11-/m0/s1. The van der Waals surface area contributed by atoms with Gasteiger partial charge in [0.15, 0.2) is 0 Å². The topological polar surface area (TPSA) is 38.9 Å². The van der Waals surface area contributed by atoms with E-state index in [9.17, 15) is 0 Å². The maximum absolute atomic E-state index is 5.72. The quantitative estimate of drug-likeness (QED) is 0.608. The Morgan fingerprint density at radius 3 is 2.88 bits per heavy atom. The zero-order chi connectivity index (χ0) is 11.8. The Morgan fingerprint density at radius 1 is 1.38 bits per heavy atom. The Hall–Kier alpha value is -0.570. The lowest BCUT2D eigenvalue weighted by molar-refractivity contribution is 0.617. The van der Waals surface area contributed by atoms with Gasteiger partial charge >= 0.3 is 0 Å². The molecule has 3 heteroatoms. The zero-order valence-corrected chi connectivity index (χ0v) is 11.5. The normalized spacial score (nSPS) is 12.6. The summed E-state index contributed by atoms with van der Waals surface area (Å²) >= 11 is 3.71. The number of hydrogen-bond donors (Lipinski definition) is 1. The molecule has 2 N–H and O–H groups in total. The summed E-state index contributed by atoms with van der Waals surface area (Å²) in [6.07, 6.45) is 9.24. The number of nitrogens with two attached hydrogens (primary N) is 1. The van der Waals surface area contributed by atoms with Crippen LogP contribution < -0.4 is 5.73 Å². The van der Waals surface area contributed by atoms with Gasteiger partial charge in [0.2, 0.25) is 0 Å². The molecule has 0 saturated carbocycles. The Labute approximate surface area is 107 Å². The number of anilines is 1. The number of rotatable bonds is 7. The Morgan fingerprint density at radius 2 is 2.19 bits per heavy atom. The molecule has 1 rings (SSSR count). The summed E-state index contributed by atoms with van der Waals surface area (Å²) in [5, 5.41) is 0. The zero-order valence-electron chi connectivity index (χ0n) is 9.95. The Balaban J connectivity index is 2.25. The first-order valence-corrected chi connectivity index (χ1v) is 6.98. The molecule has 0 fully saturated rings. The van der Waals surface area contributed by atoms with Crippen molar-refractivity contribution in [2.45, 2.75) is 50.3 Å². The van der Waals surface area contributed by atoms with E-state index in [1.54, 1.807) is 6.20 Å². The van der Waals surface area contributed by atoms with Crippen LogP contribution in [0.15, 0.2) is 18.3 Å². The molecule has 16 heavy (non-hydrogen) atoms. The second kappa shape index (κ2) is 7.66. The average Bonchev–Trinajstić information content (AvgIpc) is 2.24. The van der Waals surface area contributed by atoms with Gasteiger partial charge in [-0.05, 0) is 18.6 Å². The van der Waals surface area contributed by atoms with Crippen molar-refractivity contribution in [2.24, 2.45) is 0 Å². The minimum atomic E-state index is 0.527. The molecule has 0 aromatic carbocycles. The van der Waals surface area contributed by atoms with Gasteiger partial charge in [0.25, 0.3) is 0 Å². The fourth-order valence-corrected chi connectivity index (χ4v) is 2.39. The van der Waals surface area contributed by atoms with Crippen LogP contribution >= 0.6 is 15.9 Å². The highest BCUT2D eigenvalue weighted by Gasteiger charge is 2.06. The number of alkyl halides is 1. The highest BCUT2D eigenvalue weighted by Crippen LogP contribution is 2.17.